The third-order valence-electron chi connectivity index (χ3n) is 3.98. The molecule has 1 aromatic rings. The van der Waals surface area contributed by atoms with Gasteiger partial charge < -0.3 is 9.84 Å². The second kappa shape index (κ2) is 9.29. The van der Waals surface area contributed by atoms with E-state index in [1.165, 1.54) is 0 Å². The maximum atomic E-state index is 11.5. The molecule has 0 saturated carbocycles. The Morgan fingerprint density at radius 3 is 2.59 bits per heavy atom. The summed E-state index contributed by atoms with van der Waals surface area (Å²) in [5, 5.41) is 9.91. The number of aromatic hydroxyl groups is 1. The van der Waals surface area contributed by atoms with Crippen molar-refractivity contribution in [2.45, 2.75) is 46.5 Å². The predicted molar refractivity (Wildman–Crippen MR) is 89.8 cm³/mol. The summed E-state index contributed by atoms with van der Waals surface area (Å²) >= 11 is 0. The summed E-state index contributed by atoms with van der Waals surface area (Å²) in [5.41, 5.74) is 2.07. The van der Waals surface area contributed by atoms with Crippen LogP contribution in [0.15, 0.2) is 36.4 Å². The van der Waals surface area contributed by atoms with E-state index in [0.29, 0.717) is 30.6 Å². The van der Waals surface area contributed by atoms with Gasteiger partial charge >= 0.3 is 5.97 Å². The number of benzene rings is 1. The lowest BCUT2D eigenvalue weighted by Crippen LogP contribution is -2.12. The van der Waals surface area contributed by atoms with Gasteiger partial charge in [0, 0.05) is 6.42 Å². The Bertz CT molecular complexity index is 493. The Morgan fingerprint density at radius 2 is 2.00 bits per heavy atom. The molecule has 1 aromatic carbocycles. The first-order chi connectivity index (χ1) is 10.4. The van der Waals surface area contributed by atoms with Crippen molar-refractivity contribution in [2.24, 2.45) is 11.8 Å². The largest absolute Gasteiger partial charge is 0.508 e. The van der Waals surface area contributed by atoms with E-state index in [9.17, 15) is 9.90 Å². The summed E-state index contributed by atoms with van der Waals surface area (Å²) < 4.78 is 4.99. The summed E-state index contributed by atoms with van der Waals surface area (Å²) in [6.07, 6.45) is 3.16. The first-order valence-corrected chi connectivity index (χ1v) is 8.01. The van der Waals surface area contributed by atoms with Gasteiger partial charge in [-0.15, -0.1) is 0 Å². The lowest BCUT2D eigenvalue weighted by molar-refractivity contribution is -0.144. The number of carbonyl (C=O) groups is 1. The van der Waals surface area contributed by atoms with Crippen LogP contribution in [0.3, 0.4) is 0 Å². The molecule has 0 aliphatic carbocycles. The molecule has 0 radical (unpaired) electrons. The van der Waals surface area contributed by atoms with Gasteiger partial charge in [0.2, 0.25) is 0 Å². The van der Waals surface area contributed by atoms with Gasteiger partial charge in [0.25, 0.3) is 0 Å². The minimum absolute atomic E-state index is 0.123. The molecule has 0 spiro atoms. The third kappa shape index (κ3) is 6.33. The van der Waals surface area contributed by atoms with Gasteiger partial charge in [-0.1, -0.05) is 37.3 Å². The van der Waals surface area contributed by atoms with Gasteiger partial charge in [0.15, 0.2) is 0 Å². The van der Waals surface area contributed by atoms with Gasteiger partial charge in [-0.3, -0.25) is 4.79 Å². The average Bonchev–Trinajstić information content (AvgIpc) is 2.45. The Hall–Kier alpha value is -1.77. The number of rotatable bonds is 9. The molecule has 0 aliphatic heterocycles. The Kier molecular flexibility index (Phi) is 7.72. The second-order valence-corrected chi connectivity index (χ2v) is 6.07. The van der Waals surface area contributed by atoms with E-state index in [0.717, 1.165) is 30.4 Å². The van der Waals surface area contributed by atoms with Gasteiger partial charge in [0.1, 0.15) is 5.75 Å². The minimum atomic E-state index is -0.123. The molecule has 1 rings (SSSR count). The first-order valence-electron chi connectivity index (χ1n) is 8.01. The molecule has 0 aromatic heterocycles. The van der Waals surface area contributed by atoms with Gasteiger partial charge in [-0.2, -0.15) is 0 Å². The van der Waals surface area contributed by atoms with Gasteiger partial charge in [-0.05, 0) is 56.6 Å². The summed E-state index contributed by atoms with van der Waals surface area (Å²) in [6.45, 7) is 10.4. The quantitative estimate of drug-likeness (QED) is 0.540. The molecule has 0 saturated heterocycles. The average molecular weight is 304 g/mol. The highest BCUT2D eigenvalue weighted by molar-refractivity contribution is 5.69. The van der Waals surface area contributed by atoms with E-state index in [2.05, 4.69) is 13.5 Å². The summed E-state index contributed by atoms with van der Waals surface area (Å²) in [7, 11) is 0. The molecule has 2 atom stereocenters. The second-order valence-electron chi connectivity index (χ2n) is 6.07. The van der Waals surface area contributed by atoms with Crippen molar-refractivity contribution in [1.82, 2.24) is 0 Å². The van der Waals surface area contributed by atoms with Crippen LogP contribution >= 0.6 is 0 Å². The van der Waals surface area contributed by atoms with Crippen LogP contribution in [0.25, 0.3) is 0 Å². The summed E-state index contributed by atoms with van der Waals surface area (Å²) in [5.74, 6) is 0.833. The lowest BCUT2D eigenvalue weighted by atomic mass is 9.86. The molecular formula is C19H28O3. The number of para-hydroxylation sites is 1. The standard InChI is InChI=1S/C19H28O3/c1-5-22-19(21)12-15(4)10-11-16(14(2)3)13-17-8-6-7-9-18(17)20/h6-9,15-16,20H,2,5,10-13H2,1,3-4H3. The number of phenolic OH excluding ortho intramolecular Hbond substituents is 1. The van der Waals surface area contributed by atoms with E-state index in [1.54, 1.807) is 6.07 Å². The molecule has 0 fully saturated rings. The summed E-state index contributed by atoms with van der Waals surface area (Å²) in [6, 6.07) is 7.44. The van der Waals surface area contributed by atoms with E-state index in [4.69, 9.17) is 4.74 Å². The molecule has 0 heterocycles. The van der Waals surface area contributed by atoms with E-state index >= 15 is 0 Å². The molecule has 122 valence electrons. The number of esters is 1. The van der Waals surface area contributed by atoms with Crippen LogP contribution in [0.4, 0.5) is 0 Å². The third-order valence-corrected chi connectivity index (χ3v) is 3.98. The van der Waals surface area contributed by atoms with Crippen molar-refractivity contribution in [3.05, 3.63) is 42.0 Å². The zero-order valence-electron chi connectivity index (χ0n) is 14.0. The normalized spacial score (nSPS) is 13.4. The molecule has 0 bridgehead atoms. The molecule has 22 heavy (non-hydrogen) atoms. The van der Waals surface area contributed by atoms with E-state index < -0.39 is 0 Å². The van der Waals surface area contributed by atoms with Crippen LogP contribution in [-0.4, -0.2) is 17.7 Å². The van der Waals surface area contributed by atoms with Crippen molar-refractivity contribution in [1.29, 1.82) is 0 Å². The number of phenols is 1. The fraction of sp³-hybridized carbons (Fsp3) is 0.526. The highest BCUT2D eigenvalue weighted by Gasteiger charge is 2.16. The molecule has 0 amide bonds. The van der Waals surface area contributed by atoms with Crippen LogP contribution in [0.1, 0.15) is 45.6 Å². The van der Waals surface area contributed by atoms with Gasteiger partial charge in [0.05, 0.1) is 6.61 Å². The highest BCUT2D eigenvalue weighted by atomic mass is 16.5. The number of ether oxygens (including phenoxy) is 1. The lowest BCUT2D eigenvalue weighted by Gasteiger charge is -2.20. The van der Waals surface area contributed by atoms with Crippen molar-refractivity contribution >= 4 is 5.97 Å². The Balaban J connectivity index is 2.53. The minimum Gasteiger partial charge on any atom is -0.508 e. The molecule has 2 unspecified atom stereocenters. The Labute approximate surface area is 134 Å². The maximum Gasteiger partial charge on any atom is 0.306 e. The number of hydrogen-bond acceptors (Lipinski definition) is 3. The van der Waals surface area contributed by atoms with E-state index in [1.807, 2.05) is 32.0 Å². The summed E-state index contributed by atoms with van der Waals surface area (Å²) in [4.78, 5) is 11.5. The monoisotopic (exact) mass is 304 g/mol. The number of hydrogen-bond donors (Lipinski definition) is 1. The van der Waals surface area contributed by atoms with Crippen LogP contribution in [0.5, 0.6) is 5.75 Å². The number of allylic oxidation sites excluding steroid dienone is 1. The fourth-order valence-corrected chi connectivity index (χ4v) is 2.56. The van der Waals surface area contributed by atoms with Crippen LogP contribution in [0.2, 0.25) is 0 Å². The fourth-order valence-electron chi connectivity index (χ4n) is 2.56. The van der Waals surface area contributed by atoms with Crippen LogP contribution in [0, 0.1) is 11.8 Å². The Morgan fingerprint density at radius 1 is 1.32 bits per heavy atom. The van der Waals surface area contributed by atoms with E-state index in [-0.39, 0.29) is 5.97 Å². The SMILES string of the molecule is C=C(C)C(CCC(C)CC(=O)OCC)Cc1ccccc1O. The zero-order valence-corrected chi connectivity index (χ0v) is 14.0. The molecule has 3 nitrogen and oxygen atoms in total. The topological polar surface area (TPSA) is 46.5 Å². The molecule has 3 heteroatoms. The van der Waals surface area contributed by atoms with Crippen molar-refractivity contribution in [3.63, 3.8) is 0 Å². The van der Waals surface area contributed by atoms with Crippen LogP contribution < -0.4 is 0 Å². The maximum absolute atomic E-state index is 11.5. The highest BCUT2D eigenvalue weighted by Crippen LogP contribution is 2.27. The molecule has 1 N–H and O–H groups in total. The van der Waals surface area contributed by atoms with Crippen molar-refractivity contribution < 1.29 is 14.6 Å². The van der Waals surface area contributed by atoms with Crippen molar-refractivity contribution in [2.75, 3.05) is 6.61 Å². The van der Waals surface area contributed by atoms with Gasteiger partial charge in [-0.25, -0.2) is 0 Å². The number of carbonyl (C=O) groups excluding carboxylic acids is 1. The molecule has 0 aliphatic rings. The zero-order chi connectivity index (χ0) is 16.5. The van der Waals surface area contributed by atoms with Crippen molar-refractivity contribution in [3.8, 4) is 5.75 Å². The van der Waals surface area contributed by atoms with Crippen LogP contribution in [-0.2, 0) is 16.0 Å². The predicted octanol–water partition coefficient (Wildman–Crippen LogP) is 4.50. The smallest absolute Gasteiger partial charge is 0.306 e. The first kappa shape index (κ1) is 18.3. The molecular weight excluding hydrogens is 276 g/mol.